The Morgan fingerprint density at radius 1 is 1.43 bits per heavy atom. The molecule has 1 aliphatic carbocycles. The minimum absolute atomic E-state index is 0.0387. The van der Waals surface area contributed by atoms with Crippen molar-refractivity contribution in [1.82, 2.24) is 0 Å². The van der Waals surface area contributed by atoms with Crippen molar-refractivity contribution in [2.75, 3.05) is 0 Å². The molecule has 0 heterocycles. The molecular formula is C15H15FN2O3. The van der Waals surface area contributed by atoms with Crippen molar-refractivity contribution in [3.05, 3.63) is 39.7 Å². The van der Waals surface area contributed by atoms with Crippen molar-refractivity contribution in [1.29, 1.82) is 5.26 Å². The predicted molar refractivity (Wildman–Crippen MR) is 72.8 cm³/mol. The molecule has 1 unspecified atom stereocenters. The van der Waals surface area contributed by atoms with Gasteiger partial charge in [-0.1, -0.05) is 26.0 Å². The second kappa shape index (κ2) is 4.92. The van der Waals surface area contributed by atoms with Gasteiger partial charge in [-0.25, -0.2) is 0 Å². The van der Waals surface area contributed by atoms with E-state index in [1.807, 2.05) is 6.07 Å². The Labute approximate surface area is 121 Å². The molecule has 6 heteroatoms. The highest BCUT2D eigenvalue weighted by atomic mass is 19.1. The fourth-order valence-electron chi connectivity index (χ4n) is 2.88. The van der Waals surface area contributed by atoms with Gasteiger partial charge in [0, 0.05) is 17.9 Å². The molecule has 2 rings (SSSR count). The molecule has 0 aromatic heterocycles. The molecule has 5 nitrogen and oxygen atoms in total. The maximum atomic E-state index is 14.1. The van der Waals surface area contributed by atoms with Gasteiger partial charge >= 0.3 is 5.69 Å². The van der Waals surface area contributed by atoms with E-state index in [4.69, 9.17) is 0 Å². The average molecular weight is 290 g/mol. The Hall–Kier alpha value is -2.29. The third kappa shape index (κ3) is 2.40. The smallest absolute Gasteiger partial charge is 0.297 e. The van der Waals surface area contributed by atoms with Crippen molar-refractivity contribution in [2.45, 2.75) is 33.1 Å². The number of hydrogen-bond donors (Lipinski definition) is 0. The van der Waals surface area contributed by atoms with Crippen LogP contribution in [-0.2, 0) is 11.2 Å². The molecule has 1 fully saturated rings. The fraction of sp³-hybridized carbons (Fsp3) is 0.467. The van der Waals surface area contributed by atoms with Crippen LogP contribution in [0.25, 0.3) is 0 Å². The SMILES string of the molecule is CC1(C)CCC(C#N)(Cc2cccc([N+](=O)[O-])c2F)C1=O. The maximum absolute atomic E-state index is 14.1. The molecule has 1 atom stereocenters. The van der Waals surface area contributed by atoms with Gasteiger partial charge in [0.25, 0.3) is 0 Å². The van der Waals surface area contributed by atoms with Crippen LogP contribution in [0.2, 0.25) is 0 Å². The minimum atomic E-state index is -1.29. The first-order chi connectivity index (χ1) is 9.73. The largest absolute Gasteiger partial charge is 0.305 e. The summed E-state index contributed by atoms with van der Waals surface area (Å²) in [4.78, 5) is 22.4. The lowest BCUT2D eigenvalue weighted by Crippen LogP contribution is -2.33. The topological polar surface area (TPSA) is 84.0 Å². The first-order valence-electron chi connectivity index (χ1n) is 6.61. The zero-order valence-electron chi connectivity index (χ0n) is 11.9. The molecule has 0 aliphatic heterocycles. The number of benzene rings is 1. The Kier molecular flexibility index (Phi) is 3.54. The number of halogens is 1. The molecule has 0 bridgehead atoms. The van der Waals surface area contributed by atoms with Crippen LogP contribution in [0.3, 0.4) is 0 Å². The summed E-state index contributed by atoms with van der Waals surface area (Å²) >= 11 is 0. The highest BCUT2D eigenvalue weighted by molar-refractivity contribution is 5.94. The van der Waals surface area contributed by atoms with E-state index in [2.05, 4.69) is 0 Å². The van der Waals surface area contributed by atoms with Gasteiger partial charge < -0.3 is 0 Å². The monoisotopic (exact) mass is 290 g/mol. The van der Waals surface area contributed by atoms with Crippen LogP contribution in [0.5, 0.6) is 0 Å². The lowest BCUT2D eigenvalue weighted by molar-refractivity contribution is -0.387. The number of nitro benzene ring substituents is 1. The first kappa shape index (κ1) is 15.1. The molecule has 0 N–H and O–H groups in total. The van der Waals surface area contributed by atoms with Crippen LogP contribution in [0, 0.1) is 38.1 Å². The van der Waals surface area contributed by atoms with E-state index in [0.717, 1.165) is 6.07 Å². The number of rotatable bonds is 3. The molecule has 1 aromatic carbocycles. The number of carbonyl (C=O) groups excluding carboxylic acids is 1. The van der Waals surface area contributed by atoms with Crippen molar-refractivity contribution in [2.24, 2.45) is 10.8 Å². The van der Waals surface area contributed by atoms with Gasteiger partial charge in [-0.2, -0.15) is 9.65 Å². The van der Waals surface area contributed by atoms with E-state index in [1.54, 1.807) is 13.8 Å². The van der Waals surface area contributed by atoms with Crippen molar-refractivity contribution < 1.29 is 14.1 Å². The van der Waals surface area contributed by atoms with Gasteiger partial charge in [0.2, 0.25) is 5.82 Å². The third-order valence-corrected chi connectivity index (χ3v) is 4.19. The highest BCUT2D eigenvalue weighted by Gasteiger charge is 2.52. The Morgan fingerprint density at radius 3 is 2.57 bits per heavy atom. The van der Waals surface area contributed by atoms with E-state index >= 15 is 0 Å². The summed E-state index contributed by atoms with van der Waals surface area (Å²) in [5.41, 5.74) is -2.51. The number of nitrogens with zero attached hydrogens (tertiary/aromatic N) is 2. The van der Waals surface area contributed by atoms with Gasteiger partial charge in [-0.3, -0.25) is 14.9 Å². The maximum Gasteiger partial charge on any atom is 0.305 e. The summed E-state index contributed by atoms with van der Waals surface area (Å²) < 4.78 is 14.1. The van der Waals surface area contributed by atoms with Gasteiger partial charge in [0.15, 0.2) is 5.78 Å². The standard InChI is InChI=1S/C15H15FN2O3/c1-14(2)6-7-15(9-17,13(14)19)8-10-4-3-5-11(12(10)16)18(20)21/h3-5H,6-8H2,1-2H3. The van der Waals surface area contributed by atoms with Crippen LogP contribution in [0.4, 0.5) is 10.1 Å². The van der Waals surface area contributed by atoms with Crippen LogP contribution in [0.15, 0.2) is 18.2 Å². The quantitative estimate of drug-likeness (QED) is 0.632. The molecule has 0 radical (unpaired) electrons. The summed E-state index contributed by atoms with van der Waals surface area (Å²) in [5, 5.41) is 20.2. The summed E-state index contributed by atoms with van der Waals surface area (Å²) in [5.74, 6) is -1.18. The first-order valence-corrected chi connectivity index (χ1v) is 6.61. The van der Waals surface area contributed by atoms with Crippen LogP contribution >= 0.6 is 0 Å². The number of carbonyl (C=O) groups is 1. The summed E-state index contributed by atoms with van der Waals surface area (Å²) in [7, 11) is 0. The molecule has 1 saturated carbocycles. The van der Waals surface area contributed by atoms with E-state index in [0.29, 0.717) is 12.8 Å². The number of ketones is 1. The van der Waals surface area contributed by atoms with Gasteiger partial charge in [0.1, 0.15) is 5.41 Å². The van der Waals surface area contributed by atoms with Crippen LogP contribution < -0.4 is 0 Å². The molecule has 110 valence electrons. The van der Waals surface area contributed by atoms with E-state index < -0.39 is 27.3 Å². The lowest BCUT2D eigenvalue weighted by Gasteiger charge is -2.22. The normalized spacial score (nSPS) is 23.8. The average Bonchev–Trinajstić information content (AvgIpc) is 2.65. The fourth-order valence-corrected chi connectivity index (χ4v) is 2.88. The number of Topliss-reactive ketones (excluding diaryl/α,β-unsaturated/α-hetero) is 1. The number of nitriles is 1. The number of hydrogen-bond acceptors (Lipinski definition) is 4. The second-order valence-electron chi connectivity index (χ2n) is 6.09. The molecule has 1 aliphatic rings. The van der Waals surface area contributed by atoms with E-state index in [1.165, 1.54) is 12.1 Å². The second-order valence-corrected chi connectivity index (χ2v) is 6.09. The predicted octanol–water partition coefficient (Wildman–Crippen LogP) is 3.18. The Morgan fingerprint density at radius 2 is 2.10 bits per heavy atom. The minimum Gasteiger partial charge on any atom is -0.297 e. The summed E-state index contributed by atoms with van der Waals surface area (Å²) in [6.07, 6.45) is 0.771. The van der Waals surface area contributed by atoms with Crippen LogP contribution in [-0.4, -0.2) is 10.7 Å². The van der Waals surface area contributed by atoms with E-state index in [9.17, 15) is 24.6 Å². The zero-order chi connectivity index (χ0) is 15.8. The Bertz CT molecular complexity index is 663. The Balaban J connectivity index is 2.42. The van der Waals surface area contributed by atoms with Crippen LogP contribution in [0.1, 0.15) is 32.3 Å². The zero-order valence-corrected chi connectivity index (χ0v) is 11.9. The molecule has 0 amide bonds. The summed E-state index contributed by atoms with van der Waals surface area (Å²) in [6.45, 7) is 3.52. The van der Waals surface area contributed by atoms with Gasteiger partial charge in [-0.15, -0.1) is 0 Å². The van der Waals surface area contributed by atoms with Crippen molar-refractivity contribution in [3.8, 4) is 6.07 Å². The molecular weight excluding hydrogens is 275 g/mol. The van der Waals surface area contributed by atoms with Gasteiger partial charge in [0.05, 0.1) is 11.0 Å². The van der Waals surface area contributed by atoms with Crippen molar-refractivity contribution in [3.63, 3.8) is 0 Å². The van der Waals surface area contributed by atoms with Gasteiger partial charge in [-0.05, 0) is 18.4 Å². The molecule has 0 saturated heterocycles. The number of nitro groups is 1. The highest BCUT2D eigenvalue weighted by Crippen LogP contribution is 2.47. The van der Waals surface area contributed by atoms with Crippen molar-refractivity contribution >= 4 is 11.5 Å². The third-order valence-electron chi connectivity index (χ3n) is 4.19. The molecule has 0 spiro atoms. The molecule has 1 aromatic rings. The lowest BCUT2D eigenvalue weighted by atomic mass is 9.77. The van der Waals surface area contributed by atoms with E-state index in [-0.39, 0.29) is 17.8 Å². The summed E-state index contributed by atoms with van der Waals surface area (Å²) in [6, 6.07) is 5.85. The molecule has 21 heavy (non-hydrogen) atoms.